The first-order valence-corrected chi connectivity index (χ1v) is 5.65. The van der Waals surface area contributed by atoms with E-state index in [0.717, 1.165) is 11.5 Å². The van der Waals surface area contributed by atoms with Crippen LogP contribution in [0, 0.1) is 0 Å². The maximum absolute atomic E-state index is 5.58. The molecular weight excluding hydrogens is 196 g/mol. The Morgan fingerprint density at radius 1 is 1.06 bits per heavy atom. The Kier molecular flexibility index (Phi) is 2.13. The summed E-state index contributed by atoms with van der Waals surface area (Å²) in [6.45, 7) is 0. The number of benzene rings is 1. The summed E-state index contributed by atoms with van der Waals surface area (Å²) in [7, 11) is 0. The monoisotopic (exact) mass is 210 g/mol. The summed E-state index contributed by atoms with van der Waals surface area (Å²) in [6.07, 6.45) is 4.51. The molecule has 2 N–H and O–H groups in total. The minimum Gasteiger partial charge on any atom is -0.384 e. The fourth-order valence-corrected chi connectivity index (χ4v) is 1.96. The van der Waals surface area contributed by atoms with E-state index in [1.165, 1.54) is 24.0 Å². The molecule has 2 nitrogen and oxygen atoms in total. The molecule has 1 aromatic carbocycles. The molecule has 0 aliphatic heterocycles. The van der Waals surface area contributed by atoms with Crippen LogP contribution in [0.1, 0.15) is 24.3 Å². The van der Waals surface area contributed by atoms with Gasteiger partial charge in [-0.05, 0) is 42.0 Å². The second-order valence-electron chi connectivity index (χ2n) is 4.37. The molecule has 0 saturated heterocycles. The number of aromatic nitrogens is 1. The molecule has 0 spiro atoms. The third-order valence-electron chi connectivity index (χ3n) is 3.06. The van der Waals surface area contributed by atoms with Crippen LogP contribution >= 0.6 is 0 Å². The van der Waals surface area contributed by atoms with Gasteiger partial charge in [-0.3, -0.25) is 0 Å². The fraction of sp³-hybridized carbons (Fsp3) is 0.214. The summed E-state index contributed by atoms with van der Waals surface area (Å²) in [5, 5.41) is 0. The van der Waals surface area contributed by atoms with E-state index in [2.05, 4.69) is 29.2 Å². The van der Waals surface area contributed by atoms with E-state index in [1.807, 2.05) is 18.3 Å². The van der Waals surface area contributed by atoms with Gasteiger partial charge in [0.05, 0.1) is 0 Å². The van der Waals surface area contributed by atoms with Crippen molar-refractivity contribution < 1.29 is 0 Å². The average Bonchev–Trinajstić information content (AvgIpc) is 3.14. The van der Waals surface area contributed by atoms with Gasteiger partial charge in [0.1, 0.15) is 5.82 Å². The van der Waals surface area contributed by atoms with Crippen LogP contribution in [0.5, 0.6) is 0 Å². The molecule has 0 radical (unpaired) electrons. The highest BCUT2D eigenvalue weighted by Gasteiger charge is 2.23. The van der Waals surface area contributed by atoms with Crippen LogP contribution in [-0.2, 0) is 0 Å². The Balaban J connectivity index is 1.98. The van der Waals surface area contributed by atoms with Crippen LogP contribution in [-0.4, -0.2) is 4.98 Å². The molecule has 0 amide bonds. The molecule has 0 unspecified atom stereocenters. The summed E-state index contributed by atoms with van der Waals surface area (Å²) in [5.74, 6) is 1.36. The van der Waals surface area contributed by atoms with Crippen LogP contribution < -0.4 is 5.73 Å². The molecule has 1 aromatic heterocycles. The van der Waals surface area contributed by atoms with Crippen LogP contribution in [0.25, 0.3) is 11.1 Å². The van der Waals surface area contributed by atoms with Gasteiger partial charge in [0.15, 0.2) is 0 Å². The van der Waals surface area contributed by atoms with Gasteiger partial charge in [0.2, 0.25) is 0 Å². The van der Waals surface area contributed by atoms with Gasteiger partial charge in [0.25, 0.3) is 0 Å². The van der Waals surface area contributed by atoms with Gasteiger partial charge in [-0.2, -0.15) is 0 Å². The Bertz CT molecular complexity index is 498. The predicted octanol–water partition coefficient (Wildman–Crippen LogP) is 3.21. The molecule has 2 aromatic rings. The summed E-state index contributed by atoms with van der Waals surface area (Å²) >= 11 is 0. The summed E-state index contributed by atoms with van der Waals surface area (Å²) in [5.41, 5.74) is 9.40. The minimum atomic E-state index is 0.571. The van der Waals surface area contributed by atoms with Crippen molar-refractivity contribution in [2.24, 2.45) is 0 Å². The molecule has 1 fully saturated rings. The molecule has 1 aliphatic rings. The van der Waals surface area contributed by atoms with Crippen LogP contribution in [0.2, 0.25) is 0 Å². The van der Waals surface area contributed by atoms with Gasteiger partial charge >= 0.3 is 0 Å². The van der Waals surface area contributed by atoms with E-state index in [-0.39, 0.29) is 0 Å². The molecule has 16 heavy (non-hydrogen) atoms. The van der Waals surface area contributed by atoms with Crippen LogP contribution in [0.15, 0.2) is 42.6 Å². The molecular formula is C14H14N2. The number of nitrogen functional groups attached to an aromatic ring is 1. The number of pyridine rings is 1. The molecule has 80 valence electrons. The first-order chi connectivity index (χ1) is 7.83. The average molecular weight is 210 g/mol. The minimum absolute atomic E-state index is 0.571. The van der Waals surface area contributed by atoms with E-state index in [0.29, 0.717) is 5.82 Å². The maximum atomic E-state index is 5.58. The van der Waals surface area contributed by atoms with Crippen molar-refractivity contribution in [1.29, 1.82) is 0 Å². The number of hydrogen-bond acceptors (Lipinski definition) is 2. The smallest absolute Gasteiger partial charge is 0.123 e. The summed E-state index contributed by atoms with van der Waals surface area (Å²) in [6, 6.07) is 12.6. The van der Waals surface area contributed by atoms with Crippen molar-refractivity contribution in [3.05, 3.63) is 48.2 Å². The SMILES string of the molecule is Nc1ccc(-c2cccc(C3CC3)c2)cn1. The zero-order valence-electron chi connectivity index (χ0n) is 9.06. The number of nitrogens with two attached hydrogens (primary N) is 1. The van der Waals surface area contributed by atoms with Crippen molar-refractivity contribution in [2.75, 3.05) is 5.73 Å². The highest BCUT2D eigenvalue weighted by molar-refractivity contribution is 5.64. The molecule has 0 bridgehead atoms. The van der Waals surface area contributed by atoms with Crippen molar-refractivity contribution >= 4 is 5.82 Å². The lowest BCUT2D eigenvalue weighted by Gasteiger charge is -2.04. The largest absolute Gasteiger partial charge is 0.384 e. The van der Waals surface area contributed by atoms with Gasteiger partial charge in [-0.15, -0.1) is 0 Å². The first kappa shape index (κ1) is 9.40. The third kappa shape index (κ3) is 1.78. The Morgan fingerprint density at radius 2 is 1.94 bits per heavy atom. The quantitative estimate of drug-likeness (QED) is 0.826. The van der Waals surface area contributed by atoms with E-state index >= 15 is 0 Å². The number of nitrogens with zero attached hydrogens (tertiary/aromatic N) is 1. The Labute approximate surface area is 95.1 Å². The molecule has 1 heterocycles. The topological polar surface area (TPSA) is 38.9 Å². The van der Waals surface area contributed by atoms with Crippen LogP contribution in [0.4, 0.5) is 5.82 Å². The third-order valence-corrected chi connectivity index (χ3v) is 3.06. The van der Waals surface area contributed by atoms with Crippen molar-refractivity contribution in [2.45, 2.75) is 18.8 Å². The van der Waals surface area contributed by atoms with E-state index in [9.17, 15) is 0 Å². The normalized spacial score (nSPS) is 15.0. The number of hydrogen-bond donors (Lipinski definition) is 1. The van der Waals surface area contributed by atoms with E-state index in [1.54, 1.807) is 0 Å². The lowest BCUT2D eigenvalue weighted by atomic mass is 10.0. The Hall–Kier alpha value is -1.83. The zero-order chi connectivity index (χ0) is 11.0. The highest BCUT2D eigenvalue weighted by Crippen LogP contribution is 2.41. The van der Waals surface area contributed by atoms with E-state index < -0.39 is 0 Å². The fourth-order valence-electron chi connectivity index (χ4n) is 1.96. The van der Waals surface area contributed by atoms with Gasteiger partial charge < -0.3 is 5.73 Å². The molecule has 1 aliphatic carbocycles. The lowest BCUT2D eigenvalue weighted by molar-refractivity contribution is 1.13. The van der Waals surface area contributed by atoms with Gasteiger partial charge in [0, 0.05) is 11.8 Å². The van der Waals surface area contributed by atoms with Gasteiger partial charge in [-0.1, -0.05) is 24.3 Å². The first-order valence-electron chi connectivity index (χ1n) is 5.65. The second-order valence-corrected chi connectivity index (χ2v) is 4.37. The summed E-state index contributed by atoms with van der Waals surface area (Å²) < 4.78 is 0. The zero-order valence-corrected chi connectivity index (χ0v) is 9.06. The maximum Gasteiger partial charge on any atom is 0.123 e. The Morgan fingerprint density at radius 3 is 2.62 bits per heavy atom. The molecule has 2 heteroatoms. The van der Waals surface area contributed by atoms with Crippen molar-refractivity contribution in [3.63, 3.8) is 0 Å². The van der Waals surface area contributed by atoms with E-state index in [4.69, 9.17) is 5.73 Å². The molecule has 3 rings (SSSR count). The number of rotatable bonds is 2. The predicted molar refractivity (Wildman–Crippen MR) is 66.1 cm³/mol. The van der Waals surface area contributed by atoms with Crippen molar-refractivity contribution in [1.82, 2.24) is 4.98 Å². The molecule has 0 atom stereocenters. The van der Waals surface area contributed by atoms with Gasteiger partial charge in [-0.25, -0.2) is 4.98 Å². The summed E-state index contributed by atoms with van der Waals surface area (Å²) in [4.78, 5) is 4.12. The highest BCUT2D eigenvalue weighted by atomic mass is 14.8. The number of anilines is 1. The lowest BCUT2D eigenvalue weighted by Crippen LogP contribution is -1.89. The van der Waals surface area contributed by atoms with Crippen LogP contribution in [0.3, 0.4) is 0 Å². The molecule has 1 saturated carbocycles. The standard InChI is InChI=1S/C14H14N2/c15-14-7-6-13(9-16-14)12-3-1-2-11(8-12)10-4-5-10/h1-3,6-10H,4-5H2,(H2,15,16). The van der Waals surface area contributed by atoms with Crippen molar-refractivity contribution in [3.8, 4) is 11.1 Å². The second kappa shape index (κ2) is 3.63.